The number of rotatable bonds is 5. The molecule has 0 unspecified atom stereocenters. The van der Waals surface area contributed by atoms with Crippen molar-refractivity contribution in [3.8, 4) is 0 Å². The molecular weight excluding hydrogens is 296 g/mol. The normalized spacial score (nSPS) is 18.9. The smallest absolute Gasteiger partial charge is 0.319 e. The molecule has 23 heavy (non-hydrogen) atoms. The van der Waals surface area contributed by atoms with E-state index < -0.39 is 0 Å². The summed E-state index contributed by atoms with van der Waals surface area (Å²) in [5.74, 6) is 0. The molecule has 2 heterocycles. The van der Waals surface area contributed by atoms with Crippen LogP contribution in [0.25, 0.3) is 11.0 Å². The summed E-state index contributed by atoms with van der Waals surface area (Å²) in [5.41, 5.74) is 1.97. The van der Waals surface area contributed by atoms with E-state index in [1.54, 1.807) is 6.07 Å². The standard InChI is InChI=1S/C15H22N6O2/c22-10-11-4-1-2-8-21(11)9-7-16-15(23)17-12-5-3-6-13-14(12)19-20-18-13/h3,5-6,11,22H,1-2,4,7-10H2,(H2,16,17,23)(H,18,19,20)/t11-/m1/s1. The van der Waals surface area contributed by atoms with E-state index in [-0.39, 0.29) is 18.7 Å². The molecule has 0 aliphatic carbocycles. The fraction of sp³-hybridized carbons (Fsp3) is 0.533. The maximum atomic E-state index is 12.0. The molecule has 1 saturated heterocycles. The lowest BCUT2D eigenvalue weighted by Gasteiger charge is -2.34. The third-order valence-electron chi connectivity index (χ3n) is 4.24. The quantitative estimate of drug-likeness (QED) is 0.656. The molecule has 8 heteroatoms. The number of amides is 2. The Hall–Kier alpha value is -2.19. The highest BCUT2D eigenvalue weighted by Gasteiger charge is 2.21. The van der Waals surface area contributed by atoms with Gasteiger partial charge in [0.1, 0.15) is 11.0 Å². The van der Waals surface area contributed by atoms with Gasteiger partial charge in [-0.25, -0.2) is 4.79 Å². The number of carbonyl (C=O) groups excluding carboxylic acids is 1. The zero-order valence-corrected chi connectivity index (χ0v) is 13.0. The van der Waals surface area contributed by atoms with Gasteiger partial charge in [0.2, 0.25) is 0 Å². The van der Waals surface area contributed by atoms with Gasteiger partial charge in [0, 0.05) is 19.1 Å². The highest BCUT2D eigenvalue weighted by Crippen LogP contribution is 2.18. The van der Waals surface area contributed by atoms with Gasteiger partial charge < -0.3 is 15.7 Å². The van der Waals surface area contributed by atoms with Gasteiger partial charge in [-0.2, -0.15) is 15.4 Å². The first-order valence-electron chi connectivity index (χ1n) is 7.97. The lowest BCUT2D eigenvalue weighted by Crippen LogP contribution is -2.46. The van der Waals surface area contributed by atoms with E-state index in [0.29, 0.717) is 23.3 Å². The average molecular weight is 318 g/mol. The van der Waals surface area contributed by atoms with Gasteiger partial charge in [0.15, 0.2) is 0 Å². The van der Waals surface area contributed by atoms with Crippen LogP contribution >= 0.6 is 0 Å². The van der Waals surface area contributed by atoms with Gasteiger partial charge >= 0.3 is 6.03 Å². The molecule has 0 saturated carbocycles. The third kappa shape index (κ3) is 3.77. The van der Waals surface area contributed by atoms with Crippen molar-refractivity contribution in [2.24, 2.45) is 0 Å². The van der Waals surface area contributed by atoms with E-state index in [1.165, 1.54) is 0 Å². The van der Waals surface area contributed by atoms with Crippen molar-refractivity contribution in [2.75, 3.05) is 31.6 Å². The molecule has 124 valence electrons. The van der Waals surface area contributed by atoms with Crippen molar-refractivity contribution in [3.63, 3.8) is 0 Å². The third-order valence-corrected chi connectivity index (χ3v) is 4.24. The van der Waals surface area contributed by atoms with Crippen LogP contribution in [-0.2, 0) is 0 Å². The number of benzene rings is 1. The van der Waals surface area contributed by atoms with Crippen molar-refractivity contribution in [2.45, 2.75) is 25.3 Å². The zero-order valence-electron chi connectivity index (χ0n) is 13.0. The fourth-order valence-corrected chi connectivity index (χ4v) is 3.01. The molecule has 1 aliphatic rings. The first kappa shape index (κ1) is 15.7. The second kappa shape index (κ2) is 7.38. The van der Waals surface area contributed by atoms with Crippen molar-refractivity contribution in [3.05, 3.63) is 18.2 Å². The number of para-hydroxylation sites is 1. The number of aliphatic hydroxyl groups is 1. The van der Waals surface area contributed by atoms with E-state index in [9.17, 15) is 9.90 Å². The Kier molecular flexibility index (Phi) is 5.04. The predicted molar refractivity (Wildman–Crippen MR) is 87.2 cm³/mol. The first-order chi connectivity index (χ1) is 11.3. The highest BCUT2D eigenvalue weighted by molar-refractivity contribution is 5.98. The summed E-state index contributed by atoms with van der Waals surface area (Å²) in [6.07, 6.45) is 3.34. The van der Waals surface area contributed by atoms with Crippen LogP contribution in [0.15, 0.2) is 18.2 Å². The number of nitrogens with one attached hydrogen (secondary N) is 3. The summed E-state index contributed by atoms with van der Waals surface area (Å²) in [6.45, 7) is 2.44. The molecule has 0 bridgehead atoms. The van der Waals surface area contributed by atoms with Crippen LogP contribution in [0.5, 0.6) is 0 Å². The molecule has 3 rings (SSSR count). The van der Waals surface area contributed by atoms with Gasteiger partial charge in [0.05, 0.1) is 12.3 Å². The molecule has 1 aromatic heterocycles. The molecule has 1 aromatic carbocycles. The van der Waals surface area contributed by atoms with E-state index in [4.69, 9.17) is 0 Å². The molecule has 8 nitrogen and oxygen atoms in total. The highest BCUT2D eigenvalue weighted by atomic mass is 16.3. The van der Waals surface area contributed by atoms with Gasteiger partial charge in [0.25, 0.3) is 0 Å². The number of H-pyrrole nitrogens is 1. The van der Waals surface area contributed by atoms with Crippen molar-refractivity contribution in [1.82, 2.24) is 25.6 Å². The molecular formula is C15H22N6O2. The minimum absolute atomic E-state index is 0.181. The van der Waals surface area contributed by atoms with Crippen LogP contribution in [0, 0.1) is 0 Å². The number of nitrogens with zero attached hydrogens (tertiary/aromatic N) is 3. The molecule has 0 spiro atoms. The molecule has 2 amide bonds. The number of likely N-dealkylation sites (tertiary alicyclic amines) is 1. The van der Waals surface area contributed by atoms with Crippen LogP contribution in [-0.4, -0.2) is 63.7 Å². The molecule has 1 aliphatic heterocycles. The number of urea groups is 1. The number of aromatic amines is 1. The monoisotopic (exact) mass is 318 g/mol. The number of piperidine rings is 1. The summed E-state index contributed by atoms with van der Waals surface area (Å²) < 4.78 is 0. The maximum absolute atomic E-state index is 12.0. The van der Waals surface area contributed by atoms with Gasteiger partial charge in [-0.3, -0.25) is 4.90 Å². The number of hydrogen-bond donors (Lipinski definition) is 4. The SMILES string of the molecule is O=C(NCCN1CCCC[C@@H]1CO)Nc1cccc2n[nH]nc12. The van der Waals surface area contributed by atoms with Crippen LogP contribution < -0.4 is 10.6 Å². The Labute approximate surface area is 134 Å². The minimum Gasteiger partial charge on any atom is -0.395 e. The van der Waals surface area contributed by atoms with Gasteiger partial charge in [-0.15, -0.1) is 0 Å². The Morgan fingerprint density at radius 1 is 1.39 bits per heavy atom. The summed E-state index contributed by atoms with van der Waals surface area (Å²) in [5, 5.41) is 25.6. The Morgan fingerprint density at radius 2 is 2.30 bits per heavy atom. The molecule has 2 aromatic rings. The number of aliphatic hydroxyl groups excluding tert-OH is 1. The lowest BCUT2D eigenvalue weighted by atomic mass is 10.0. The summed E-state index contributed by atoms with van der Waals surface area (Å²) in [4.78, 5) is 14.3. The number of fused-ring (bicyclic) bond motifs is 1. The van der Waals surface area contributed by atoms with E-state index in [0.717, 1.165) is 32.4 Å². The van der Waals surface area contributed by atoms with Crippen LogP contribution in [0.3, 0.4) is 0 Å². The number of anilines is 1. The predicted octanol–water partition coefficient (Wildman–Crippen LogP) is 0.926. The lowest BCUT2D eigenvalue weighted by molar-refractivity contribution is 0.0917. The Balaban J connectivity index is 1.49. The average Bonchev–Trinajstić information content (AvgIpc) is 3.05. The molecule has 1 fully saturated rings. The summed E-state index contributed by atoms with van der Waals surface area (Å²) >= 11 is 0. The Bertz CT molecular complexity index is 658. The number of hydrogen-bond acceptors (Lipinski definition) is 5. The molecule has 0 radical (unpaired) electrons. The van der Waals surface area contributed by atoms with Crippen LogP contribution in [0.4, 0.5) is 10.5 Å². The van der Waals surface area contributed by atoms with Crippen molar-refractivity contribution >= 4 is 22.8 Å². The minimum atomic E-state index is -0.266. The summed E-state index contributed by atoms with van der Waals surface area (Å²) in [6, 6.07) is 5.39. The van der Waals surface area contributed by atoms with Gasteiger partial charge in [-0.1, -0.05) is 12.5 Å². The fourth-order valence-electron chi connectivity index (χ4n) is 3.01. The maximum Gasteiger partial charge on any atom is 0.319 e. The zero-order chi connectivity index (χ0) is 16.1. The second-order valence-electron chi connectivity index (χ2n) is 5.75. The second-order valence-corrected chi connectivity index (χ2v) is 5.75. The Morgan fingerprint density at radius 3 is 3.17 bits per heavy atom. The largest absolute Gasteiger partial charge is 0.395 e. The van der Waals surface area contributed by atoms with Gasteiger partial charge in [-0.05, 0) is 31.5 Å². The van der Waals surface area contributed by atoms with Crippen molar-refractivity contribution < 1.29 is 9.90 Å². The van der Waals surface area contributed by atoms with E-state index in [1.807, 2.05) is 12.1 Å². The van der Waals surface area contributed by atoms with Crippen LogP contribution in [0.2, 0.25) is 0 Å². The molecule has 4 N–H and O–H groups in total. The summed E-state index contributed by atoms with van der Waals surface area (Å²) in [7, 11) is 0. The van der Waals surface area contributed by atoms with E-state index in [2.05, 4.69) is 30.9 Å². The van der Waals surface area contributed by atoms with Crippen molar-refractivity contribution in [1.29, 1.82) is 0 Å². The van der Waals surface area contributed by atoms with E-state index >= 15 is 0 Å². The van der Waals surface area contributed by atoms with Crippen LogP contribution in [0.1, 0.15) is 19.3 Å². The number of carbonyl (C=O) groups is 1. The number of aromatic nitrogens is 3. The topological polar surface area (TPSA) is 106 Å². The molecule has 1 atom stereocenters. The first-order valence-corrected chi connectivity index (χ1v) is 7.97.